The number of aromatic nitrogens is 2. The lowest BCUT2D eigenvalue weighted by molar-refractivity contribution is -0.147. The molecule has 0 aliphatic heterocycles. The molecule has 18 heavy (non-hydrogen) atoms. The fourth-order valence-corrected chi connectivity index (χ4v) is 2.18. The number of hydrogen-bond donors (Lipinski definition) is 1. The summed E-state index contributed by atoms with van der Waals surface area (Å²) >= 11 is 0. The number of hydrogen-bond acceptors (Lipinski definition) is 6. The van der Waals surface area contributed by atoms with Crippen LogP contribution in [-0.4, -0.2) is 29.2 Å². The van der Waals surface area contributed by atoms with Crippen molar-refractivity contribution in [2.75, 3.05) is 12.8 Å². The number of anilines is 1. The molecule has 6 nitrogen and oxygen atoms in total. The molecule has 1 heterocycles. The average molecular weight is 251 g/mol. The molecule has 0 amide bonds. The highest BCUT2D eigenvalue weighted by atomic mass is 16.5. The third kappa shape index (κ3) is 3.09. The van der Waals surface area contributed by atoms with Gasteiger partial charge in [0.2, 0.25) is 11.8 Å². The number of nitrogens with two attached hydrogens (primary N) is 1. The van der Waals surface area contributed by atoms with Crippen LogP contribution in [-0.2, 0) is 9.53 Å². The van der Waals surface area contributed by atoms with Gasteiger partial charge in [-0.3, -0.25) is 4.79 Å². The van der Waals surface area contributed by atoms with Gasteiger partial charge in [0.25, 0.3) is 0 Å². The molecular formula is C12H17N3O3. The number of carbonyl (C=O) groups excluding carboxylic acids is 1. The maximum absolute atomic E-state index is 11.4. The minimum absolute atomic E-state index is 0.00492. The molecule has 0 atom stereocenters. The summed E-state index contributed by atoms with van der Waals surface area (Å²) in [4.78, 5) is 19.2. The highest BCUT2D eigenvalue weighted by Gasteiger charge is 2.27. The lowest BCUT2D eigenvalue weighted by Gasteiger charge is -2.26. The summed E-state index contributed by atoms with van der Waals surface area (Å²) in [7, 11) is 1.43. The summed E-state index contributed by atoms with van der Waals surface area (Å²) in [6, 6.07) is 1.68. The summed E-state index contributed by atoms with van der Waals surface area (Å²) in [6.07, 6.45) is 4.88. The normalized spacial score (nSPS) is 23.4. The van der Waals surface area contributed by atoms with Gasteiger partial charge in [-0.15, -0.1) is 0 Å². The lowest BCUT2D eigenvalue weighted by atomic mass is 9.87. The topological polar surface area (TPSA) is 87.3 Å². The molecule has 1 aromatic rings. The van der Waals surface area contributed by atoms with Crippen molar-refractivity contribution in [3.05, 3.63) is 12.3 Å². The first-order chi connectivity index (χ1) is 8.69. The number of carbonyl (C=O) groups is 1. The van der Waals surface area contributed by atoms with E-state index in [0.29, 0.717) is 5.88 Å². The molecule has 2 N–H and O–H groups in total. The van der Waals surface area contributed by atoms with Crippen molar-refractivity contribution in [3.63, 3.8) is 0 Å². The molecule has 0 unspecified atom stereocenters. The Morgan fingerprint density at radius 2 is 2.11 bits per heavy atom. The zero-order valence-corrected chi connectivity index (χ0v) is 10.3. The first kappa shape index (κ1) is 12.6. The van der Waals surface area contributed by atoms with E-state index in [-0.39, 0.29) is 23.9 Å². The summed E-state index contributed by atoms with van der Waals surface area (Å²) in [5, 5.41) is 0. The van der Waals surface area contributed by atoms with Gasteiger partial charge >= 0.3 is 5.97 Å². The third-order valence-electron chi connectivity index (χ3n) is 3.14. The van der Waals surface area contributed by atoms with Gasteiger partial charge in [0.15, 0.2) is 0 Å². The predicted octanol–water partition coefficient (Wildman–Crippen LogP) is 1.17. The fraction of sp³-hybridized carbons (Fsp3) is 0.583. The van der Waals surface area contributed by atoms with Gasteiger partial charge in [-0.05, 0) is 25.7 Å². The standard InChI is InChI=1S/C12H17N3O3/c1-17-11(16)8-2-4-9(5-3-8)18-10-6-7-14-12(13)15-10/h6-9H,2-5H2,1H3,(H2,13,14,15)/t8-,9-. The number of nitrogens with zero attached hydrogens (tertiary/aromatic N) is 2. The van der Waals surface area contributed by atoms with Gasteiger partial charge in [-0.1, -0.05) is 0 Å². The molecule has 6 heteroatoms. The Morgan fingerprint density at radius 1 is 1.39 bits per heavy atom. The van der Waals surface area contributed by atoms with E-state index < -0.39 is 0 Å². The van der Waals surface area contributed by atoms with E-state index in [1.165, 1.54) is 7.11 Å². The first-order valence-corrected chi connectivity index (χ1v) is 6.02. The summed E-state index contributed by atoms with van der Waals surface area (Å²) in [6.45, 7) is 0. The first-order valence-electron chi connectivity index (χ1n) is 6.02. The largest absolute Gasteiger partial charge is 0.474 e. The highest BCUT2D eigenvalue weighted by molar-refractivity contribution is 5.72. The number of esters is 1. The van der Waals surface area contributed by atoms with Crippen molar-refractivity contribution in [1.29, 1.82) is 0 Å². The fourth-order valence-electron chi connectivity index (χ4n) is 2.18. The van der Waals surface area contributed by atoms with Gasteiger partial charge in [-0.25, -0.2) is 4.98 Å². The van der Waals surface area contributed by atoms with Crippen LogP contribution in [0, 0.1) is 5.92 Å². The summed E-state index contributed by atoms with van der Waals surface area (Å²) in [5.74, 6) is 0.574. The van der Waals surface area contributed by atoms with Crippen molar-refractivity contribution in [3.8, 4) is 5.88 Å². The zero-order chi connectivity index (χ0) is 13.0. The van der Waals surface area contributed by atoms with E-state index in [1.807, 2.05) is 0 Å². The van der Waals surface area contributed by atoms with Gasteiger partial charge in [-0.2, -0.15) is 4.98 Å². The molecule has 0 bridgehead atoms. The molecule has 1 saturated carbocycles. The Bertz CT molecular complexity index is 417. The van der Waals surface area contributed by atoms with E-state index in [1.54, 1.807) is 12.3 Å². The Kier molecular flexibility index (Phi) is 3.96. The Labute approximate surface area is 106 Å². The van der Waals surface area contributed by atoms with Crippen molar-refractivity contribution in [2.45, 2.75) is 31.8 Å². The van der Waals surface area contributed by atoms with E-state index in [2.05, 4.69) is 9.97 Å². The molecule has 0 radical (unpaired) electrons. The van der Waals surface area contributed by atoms with E-state index in [0.717, 1.165) is 25.7 Å². The molecular weight excluding hydrogens is 234 g/mol. The van der Waals surface area contributed by atoms with Crippen LogP contribution in [0.5, 0.6) is 5.88 Å². The molecule has 1 aromatic heterocycles. The molecule has 2 rings (SSSR count). The maximum Gasteiger partial charge on any atom is 0.308 e. The quantitative estimate of drug-likeness (QED) is 0.811. The van der Waals surface area contributed by atoms with Crippen molar-refractivity contribution >= 4 is 11.9 Å². The minimum atomic E-state index is -0.125. The Balaban J connectivity index is 1.85. The summed E-state index contributed by atoms with van der Waals surface area (Å²) < 4.78 is 10.5. The van der Waals surface area contributed by atoms with Crippen LogP contribution in [0.15, 0.2) is 12.3 Å². The van der Waals surface area contributed by atoms with Gasteiger partial charge < -0.3 is 15.2 Å². The smallest absolute Gasteiger partial charge is 0.308 e. The van der Waals surface area contributed by atoms with Gasteiger partial charge in [0, 0.05) is 12.3 Å². The SMILES string of the molecule is COC(=O)[C@H]1CC[C@H](Oc2ccnc(N)n2)CC1. The van der Waals surface area contributed by atoms with Gasteiger partial charge in [0.05, 0.1) is 13.0 Å². The minimum Gasteiger partial charge on any atom is -0.474 e. The highest BCUT2D eigenvalue weighted by Crippen LogP contribution is 2.27. The zero-order valence-electron chi connectivity index (χ0n) is 10.3. The average Bonchev–Trinajstić information content (AvgIpc) is 2.39. The predicted molar refractivity (Wildman–Crippen MR) is 64.8 cm³/mol. The van der Waals surface area contributed by atoms with Crippen LogP contribution in [0.25, 0.3) is 0 Å². The number of methoxy groups -OCH3 is 1. The molecule has 0 saturated heterocycles. The van der Waals surface area contributed by atoms with E-state index in [4.69, 9.17) is 15.2 Å². The van der Waals surface area contributed by atoms with E-state index in [9.17, 15) is 4.79 Å². The molecule has 0 aromatic carbocycles. The molecule has 1 aliphatic carbocycles. The number of nitrogen functional groups attached to an aromatic ring is 1. The second-order valence-corrected chi connectivity index (χ2v) is 4.37. The van der Waals surface area contributed by atoms with Crippen LogP contribution in [0.1, 0.15) is 25.7 Å². The number of ether oxygens (including phenoxy) is 2. The van der Waals surface area contributed by atoms with Crippen LogP contribution in [0.2, 0.25) is 0 Å². The monoisotopic (exact) mass is 251 g/mol. The molecule has 1 fully saturated rings. The molecule has 1 aliphatic rings. The van der Waals surface area contributed by atoms with Crippen LogP contribution >= 0.6 is 0 Å². The maximum atomic E-state index is 11.4. The summed E-state index contributed by atoms with van der Waals surface area (Å²) in [5.41, 5.74) is 5.48. The van der Waals surface area contributed by atoms with Gasteiger partial charge in [0.1, 0.15) is 6.10 Å². The second-order valence-electron chi connectivity index (χ2n) is 4.37. The Morgan fingerprint density at radius 3 is 2.72 bits per heavy atom. The molecule has 98 valence electrons. The Hall–Kier alpha value is -1.85. The third-order valence-corrected chi connectivity index (χ3v) is 3.14. The molecule has 0 spiro atoms. The number of rotatable bonds is 3. The van der Waals surface area contributed by atoms with Crippen molar-refractivity contribution < 1.29 is 14.3 Å². The van der Waals surface area contributed by atoms with Crippen molar-refractivity contribution in [1.82, 2.24) is 9.97 Å². The van der Waals surface area contributed by atoms with Crippen LogP contribution in [0.4, 0.5) is 5.95 Å². The van der Waals surface area contributed by atoms with Crippen LogP contribution < -0.4 is 10.5 Å². The van der Waals surface area contributed by atoms with Crippen molar-refractivity contribution in [2.24, 2.45) is 5.92 Å². The van der Waals surface area contributed by atoms with E-state index >= 15 is 0 Å². The van der Waals surface area contributed by atoms with Crippen LogP contribution in [0.3, 0.4) is 0 Å². The lowest BCUT2D eigenvalue weighted by Crippen LogP contribution is -2.28. The second kappa shape index (κ2) is 5.66.